The first-order chi connectivity index (χ1) is 31.7. The van der Waals surface area contributed by atoms with Gasteiger partial charge in [0.2, 0.25) is 0 Å². The molecule has 18 heteroatoms. The van der Waals surface area contributed by atoms with Crippen molar-refractivity contribution >= 4 is 51.4 Å². The van der Waals surface area contributed by atoms with Gasteiger partial charge in [0.15, 0.2) is 11.4 Å². The lowest BCUT2D eigenvalue weighted by atomic mass is 9.89. The second kappa shape index (κ2) is 19.5. The summed E-state index contributed by atoms with van der Waals surface area (Å²) in [6.45, 7) is 4.04. The number of piperidine rings is 1. The van der Waals surface area contributed by atoms with Crippen LogP contribution in [0.25, 0.3) is 16.7 Å². The number of hydrogen-bond donors (Lipinski definition) is 2. The van der Waals surface area contributed by atoms with Gasteiger partial charge in [-0.2, -0.15) is 13.2 Å². The normalized spacial score (nSPS) is 13.3. The molecule has 4 aromatic carbocycles. The summed E-state index contributed by atoms with van der Waals surface area (Å²) in [4.78, 5) is 28.1. The molecule has 1 aliphatic rings. The van der Waals surface area contributed by atoms with Gasteiger partial charge in [-0.25, -0.2) is 15.0 Å². The number of benzene rings is 4. The highest BCUT2D eigenvalue weighted by Gasteiger charge is 2.32. The van der Waals surface area contributed by atoms with E-state index in [1.807, 2.05) is 19.1 Å². The summed E-state index contributed by atoms with van der Waals surface area (Å²) in [7, 11) is 0. The van der Waals surface area contributed by atoms with E-state index in [-0.39, 0.29) is 23.3 Å². The van der Waals surface area contributed by atoms with Crippen LogP contribution < -0.4 is 25.0 Å². The lowest BCUT2D eigenvalue weighted by Gasteiger charge is -2.34. The van der Waals surface area contributed by atoms with E-state index in [0.29, 0.717) is 57.7 Å². The Hall–Kier alpha value is -7.27. The number of furan rings is 1. The van der Waals surface area contributed by atoms with E-state index in [2.05, 4.69) is 47.4 Å². The molecule has 0 saturated carbocycles. The lowest BCUT2D eigenvalue weighted by Crippen LogP contribution is -2.32. The van der Waals surface area contributed by atoms with Gasteiger partial charge in [-0.1, -0.05) is 48.9 Å². The Morgan fingerprint density at radius 1 is 0.848 bits per heavy atom. The number of aryl methyl sites for hydroxylation is 1. The summed E-state index contributed by atoms with van der Waals surface area (Å²) in [5.41, 5.74) is 6.16. The quantitative estimate of drug-likeness (QED) is 0.122. The molecule has 1 saturated heterocycles. The first-order valence-electron chi connectivity index (χ1n) is 20.7. The molecule has 1 aliphatic heterocycles. The first-order valence-corrected chi connectivity index (χ1v) is 21.1. The Bertz CT molecular complexity index is 2910. The number of nitrogens with one attached hydrogen (secondary N) is 2. The van der Waals surface area contributed by atoms with Crippen LogP contribution in [0.2, 0.25) is 5.02 Å². The Morgan fingerprint density at radius 2 is 1.58 bits per heavy atom. The molecule has 2 N–H and O–H groups in total. The number of carbonyl (C=O) groups excluding carboxylic acids is 1. The monoisotopic (exact) mass is 927 g/mol. The number of carbonyl (C=O) groups is 1. The van der Waals surface area contributed by atoms with E-state index in [1.165, 1.54) is 36.9 Å². The molecule has 11 nitrogen and oxygen atoms in total. The van der Waals surface area contributed by atoms with Crippen LogP contribution in [0.4, 0.5) is 43.5 Å². The molecule has 1 fully saturated rings. The summed E-state index contributed by atoms with van der Waals surface area (Å²) in [5.74, 6) is 0.915. The van der Waals surface area contributed by atoms with Crippen molar-refractivity contribution in [3.05, 3.63) is 167 Å². The fourth-order valence-corrected chi connectivity index (χ4v) is 7.71. The van der Waals surface area contributed by atoms with Crippen molar-refractivity contribution in [1.29, 1.82) is 0 Å². The molecule has 0 bridgehead atoms. The van der Waals surface area contributed by atoms with Gasteiger partial charge in [0.1, 0.15) is 40.4 Å². The number of nitrogens with zero attached hydrogens (tertiary/aromatic N) is 5. The van der Waals surface area contributed by atoms with Crippen LogP contribution >= 0.6 is 11.6 Å². The minimum atomic E-state index is -4.68. The number of aromatic nitrogens is 4. The number of amides is 1. The number of alkyl halides is 6. The van der Waals surface area contributed by atoms with Crippen LogP contribution in [0.3, 0.4) is 0 Å². The first kappa shape index (κ1) is 45.3. The van der Waals surface area contributed by atoms with Gasteiger partial charge in [0.25, 0.3) is 5.91 Å². The zero-order valence-electron chi connectivity index (χ0n) is 35.0. The molecular weight excluding hydrogens is 888 g/mol. The van der Waals surface area contributed by atoms with Crippen molar-refractivity contribution in [2.24, 2.45) is 0 Å². The van der Waals surface area contributed by atoms with E-state index in [9.17, 15) is 31.1 Å². The molecule has 0 spiro atoms. The molecule has 0 radical (unpaired) electrons. The van der Waals surface area contributed by atoms with E-state index in [1.54, 1.807) is 65.2 Å². The van der Waals surface area contributed by atoms with Crippen molar-refractivity contribution in [2.45, 2.75) is 51.2 Å². The van der Waals surface area contributed by atoms with Gasteiger partial charge >= 0.3 is 12.5 Å². The second-order valence-electron chi connectivity index (χ2n) is 15.2. The summed E-state index contributed by atoms with van der Waals surface area (Å²) < 4.78 is 92.1. The molecule has 340 valence electrons. The number of anilines is 3. The van der Waals surface area contributed by atoms with Crippen LogP contribution in [0.1, 0.15) is 58.6 Å². The number of ether oxygens (including phenoxy) is 2. The minimum absolute atomic E-state index is 0.110. The maximum absolute atomic E-state index is 13.0. The number of fused-ring (bicyclic) bond motifs is 2. The molecule has 5 heterocycles. The highest BCUT2D eigenvalue weighted by Crippen LogP contribution is 2.35. The number of halogens is 7. The zero-order valence-corrected chi connectivity index (χ0v) is 35.8. The Labute approximate surface area is 379 Å². The van der Waals surface area contributed by atoms with Gasteiger partial charge in [-0.05, 0) is 115 Å². The fraction of sp³-hybridized carbons (Fsp3) is 0.208. The average Bonchev–Trinajstić information content (AvgIpc) is 3.94. The summed E-state index contributed by atoms with van der Waals surface area (Å²) in [6.07, 6.45) is -2.01. The standard InChI is InChI=1S/C29H28ClF3N4O2.C19H12F3N3O2/c1-2-25-27(37-18-22(30)7-12-26(37)35-25)28(38)34-17-19-3-8-23(9-4-19)36-15-13-21(14-16-36)20-5-10-24(11-6-20)39-29(31,32)33;20-19(21,22)12-2-1-3-15(10-12)27-14-6-4-13(5-7-14)25-18-17-16(8-9-26-17)23-11-24-18/h3-12,18,21H,2,13-17H2,1H3,(H,34,38);1-11H,(H,23,24,25). The van der Waals surface area contributed by atoms with Crippen LogP contribution in [0, 0.1) is 0 Å². The van der Waals surface area contributed by atoms with Gasteiger partial charge < -0.3 is 29.4 Å². The minimum Gasteiger partial charge on any atom is -0.459 e. The van der Waals surface area contributed by atoms with Crippen molar-refractivity contribution in [3.8, 4) is 17.2 Å². The van der Waals surface area contributed by atoms with Crippen LogP contribution in [-0.2, 0) is 19.1 Å². The molecule has 4 aromatic heterocycles. The summed E-state index contributed by atoms with van der Waals surface area (Å²) in [6, 6.07) is 31.0. The number of pyridine rings is 1. The van der Waals surface area contributed by atoms with E-state index in [4.69, 9.17) is 20.8 Å². The van der Waals surface area contributed by atoms with Crippen molar-refractivity contribution < 1.29 is 45.0 Å². The molecular formula is C48H40ClF6N7O4. The highest BCUT2D eigenvalue weighted by atomic mass is 35.5. The van der Waals surface area contributed by atoms with Gasteiger partial charge in [0.05, 0.1) is 22.5 Å². The molecule has 0 atom stereocenters. The second-order valence-corrected chi connectivity index (χ2v) is 15.6. The molecule has 0 unspecified atom stereocenters. The largest absolute Gasteiger partial charge is 0.573 e. The fourth-order valence-electron chi connectivity index (χ4n) is 7.55. The van der Waals surface area contributed by atoms with Crippen molar-refractivity contribution in [2.75, 3.05) is 23.3 Å². The molecule has 1 amide bonds. The van der Waals surface area contributed by atoms with E-state index < -0.39 is 18.1 Å². The molecule has 8 aromatic rings. The van der Waals surface area contributed by atoms with E-state index in [0.717, 1.165) is 60.6 Å². The molecule has 0 aliphatic carbocycles. The average molecular weight is 928 g/mol. The van der Waals surface area contributed by atoms with Gasteiger partial charge in [0, 0.05) is 43.3 Å². The van der Waals surface area contributed by atoms with Crippen molar-refractivity contribution in [1.82, 2.24) is 24.7 Å². The third-order valence-corrected chi connectivity index (χ3v) is 11.0. The SMILES string of the molecule is CCc1nc2ccc(Cl)cn2c1C(=O)NCc1ccc(N2CCC(c3ccc(OC(F)(F)F)cc3)CC2)cc1.FC(F)(F)c1cccc(Oc2ccc(Nc3ncnc4ccoc34)cc2)c1. The third-order valence-electron chi connectivity index (χ3n) is 10.8. The summed E-state index contributed by atoms with van der Waals surface area (Å²) in [5, 5.41) is 6.64. The highest BCUT2D eigenvalue weighted by molar-refractivity contribution is 6.30. The maximum Gasteiger partial charge on any atom is 0.573 e. The lowest BCUT2D eigenvalue weighted by molar-refractivity contribution is -0.274. The van der Waals surface area contributed by atoms with E-state index >= 15 is 0 Å². The molecule has 9 rings (SSSR count). The predicted molar refractivity (Wildman–Crippen MR) is 238 cm³/mol. The maximum atomic E-state index is 13.0. The Morgan fingerprint density at radius 3 is 2.27 bits per heavy atom. The van der Waals surface area contributed by atoms with Crippen molar-refractivity contribution in [3.63, 3.8) is 0 Å². The Kier molecular flexibility index (Phi) is 13.4. The topological polar surface area (TPSA) is 119 Å². The number of rotatable bonds is 11. The smallest absolute Gasteiger partial charge is 0.459 e. The Balaban J connectivity index is 0.000000192. The zero-order chi connectivity index (χ0) is 46.4. The van der Waals surface area contributed by atoms with Gasteiger partial charge in [-0.3, -0.25) is 9.20 Å². The number of hydrogen-bond acceptors (Lipinski definition) is 9. The summed E-state index contributed by atoms with van der Waals surface area (Å²) >= 11 is 6.14. The van der Waals surface area contributed by atoms with Gasteiger partial charge in [-0.15, -0.1) is 13.2 Å². The predicted octanol–water partition coefficient (Wildman–Crippen LogP) is 12.5. The van der Waals surface area contributed by atoms with Crippen LogP contribution in [0.5, 0.6) is 17.2 Å². The molecule has 66 heavy (non-hydrogen) atoms. The third kappa shape index (κ3) is 11.1. The number of imidazole rings is 1. The van der Waals surface area contributed by atoms with Crippen LogP contribution in [-0.4, -0.2) is 44.7 Å². The van der Waals surface area contributed by atoms with Crippen LogP contribution in [0.15, 0.2) is 138 Å².